The molecule has 0 aliphatic carbocycles. The molecule has 0 spiro atoms. The first-order valence-corrected chi connectivity index (χ1v) is 12.3. The second kappa shape index (κ2) is 9.41. The minimum Gasteiger partial charge on any atom is -0.419 e. The van der Waals surface area contributed by atoms with Gasteiger partial charge in [-0.05, 0) is 57.4 Å². The molecular formula is C28H26F3N3O4. The van der Waals surface area contributed by atoms with Crippen molar-refractivity contribution in [2.75, 3.05) is 6.54 Å². The van der Waals surface area contributed by atoms with Gasteiger partial charge < -0.3 is 9.64 Å². The van der Waals surface area contributed by atoms with Gasteiger partial charge in [0.2, 0.25) is 11.2 Å². The molecule has 2 aliphatic rings. The Kier molecular flexibility index (Phi) is 6.36. The van der Waals surface area contributed by atoms with Crippen molar-refractivity contribution in [3.05, 3.63) is 93.2 Å². The first-order valence-electron chi connectivity index (χ1n) is 12.3. The van der Waals surface area contributed by atoms with Crippen LogP contribution in [0.4, 0.5) is 13.2 Å². The summed E-state index contributed by atoms with van der Waals surface area (Å²) in [6.45, 7) is 5.16. The number of ether oxygens (including phenoxy) is 1. The lowest BCUT2D eigenvalue weighted by Gasteiger charge is -2.42. The highest BCUT2D eigenvalue weighted by atomic mass is 19.2. The largest absolute Gasteiger partial charge is 0.419 e. The Morgan fingerprint density at radius 2 is 1.84 bits per heavy atom. The Hall–Kier alpha value is -3.95. The topological polar surface area (TPSA) is 81.5 Å². The summed E-state index contributed by atoms with van der Waals surface area (Å²) in [6, 6.07) is 7.89. The fraction of sp³-hybridized carbons (Fsp3) is 0.357. The SMILES string of the molecule is CC(C)(C)C(=O)Oc1c2n(ncc1=O)[C@@H](C(c1cccc(F)c1)c1cccc(F)c1F)[C@H]1CCCN1C2=O. The van der Waals surface area contributed by atoms with Gasteiger partial charge in [-0.25, -0.2) is 17.9 Å². The summed E-state index contributed by atoms with van der Waals surface area (Å²) >= 11 is 0. The summed E-state index contributed by atoms with van der Waals surface area (Å²) in [6.07, 6.45) is 2.07. The third kappa shape index (κ3) is 4.27. The van der Waals surface area contributed by atoms with E-state index in [2.05, 4.69) is 5.10 Å². The molecule has 0 bridgehead atoms. The molecule has 10 heteroatoms. The van der Waals surface area contributed by atoms with Crippen LogP contribution in [0, 0.1) is 22.9 Å². The zero-order valence-electron chi connectivity index (χ0n) is 21.1. The van der Waals surface area contributed by atoms with Crippen LogP contribution in [-0.4, -0.2) is 39.1 Å². The van der Waals surface area contributed by atoms with Gasteiger partial charge in [0, 0.05) is 18.0 Å². The van der Waals surface area contributed by atoms with Gasteiger partial charge in [-0.3, -0.25) is 14.4 Å². The highest BCUT2D eigenvalue weighted by Crippen LogP contribution is 2.46. The summed E-state index contributed by atoms with van der Waals surface area (Å²) < 4.78 is 51.0. The predicted octanol–water partition coefficient (Wildman–Crippen LogP) is 4.60. The van der Waals surface area contributed by atoms with Crippen molar-refractivity contribution < 1.29 is 27.5 Å². The molecule has 38 heavy (non-hydrogen) atoms. The van der Waals surface area contributed by atoms with Gasteiger partial charge in [-0.1, -0.05) is 24.3 Å². The molecule has 3 heterocycles. The molecule has 1 amide bonds. The smallest absolute Gasteiger partial charge is 0.316 e. The second-order valence-electron chi connectivity index (χ2n) is 10.6. The standard InChI is InChI=1S/C28H26F3N3O4/c1-28(2,3)27(37)38-25-20(35)14-32-34-23(19-11-6-12-33(19)26(36)24(25)34)21(15-7-4-8-16(29)13-15)17-9-5-10-18(30)22(17)31/h4-5,7-10,13-14,19,21,23H,6,11-12H2,1-3H3/t19-,21?,23-/m1/s1. The van der Waals surface area contributed by atoms with Crippen LogP contribution >= 0.6 is 0 Å². The maximum atomic E-state index is 15.3. The van der Waals surface area contributed by atoms with Gasteiger partial charge in [-0.2, -0.15) is 5.10 Å². The van der Waals surface area contributed by atoms with Crippen LogP contribution in [0.15, 0.2) is 53.5 Å². The van der Waals surface area contributed by atoms with Crippen LogP contribution in [0.5, 0.6) is 5.75 Å². The number of benzene rings is 2. The number of amides is 1. The van der Waals surface area contributed by atoms with Gasteiger partial charge in [0.05, 0.1) is 23.7 Å². The Morgan fingerprint density at radius 3 is 2.55 bits per heavy atom. The molecule has 1 unspecified atom stereocenters. The zero-order chi connectivity index (χ0) is 27.4. The van der Waals surface area contributed by atoms with Crippen molar-refractivity contribution in [3.8, 4) is 5.75 Å². The maximum Gasteiger partial charge on any atom is 0.316 e. The number of halogens is 3. The quantitative estimate of drug-likeness (QED) is 0.465. The van der Waals surface area contributed by atoms with E-state index in [1.165, 1.54) is 35.0 Å². The number of rotatable bonds is 4. The molecule has 0 saturated carbocycles. The second-order valence-corrected chi connectivity index (χ2v) is 10.6. The predicted molar refractivity (Wildman–Crippen MR) is 131 cm³/mol. The van der Waals surface area contributed by atoms with Crippen molar-refractivity contribution in [2.24, 2.45) is 5.41 Å². The van der Waals surface area contributed by atoms with Crippen LogP contribution in [-0.2, 0) is 4.79 Å². The first kappa shape index (κ1) is 25.7. The Balaban J connectivity index is 1.79. The first-order chi connectivity index (χ1) is 18.0. The zero-order valence-corrected chi connectivity index (χ0v) is 21.1. The number of aromatic nitrogens is 2. The Bertz CT molecular complexity index is 1500. The number of nitrogens with zero attached hydrogens (tertiary/aromatic N) is 3. The maximum absolute atomic E-state index is 15.3. The molecule has 1 saturated heterocycles. The molecule has 1 fully saturated rings. The van der Waals surface area contributed by atoms with Crippen LogP contribution < -0.4 is 10.2 Å². The molecule has 0 N–H and O–H groups in total. The lowest BCUT2D eigenvalue weighted by Crippen LogP contribution is -2.51. The van der Waals surface area contributed by atoms with E-state index in [0.29, 0.717) is 24.9 Å². The molecule has 0 radical (unpaired) electrons. The molecule has 198 valence electrons. The van der Waals surface area contributed by atoms with E-state index in [1.807, 2.05) is 0 Å². The van der Waals surface area contributed by atoms with Gasteiger partial charge >= 0.3 is 5.97 Å². The summed E-state index contributed by atoms with van der Waals surface area (Å²) in [7, 11) is 0. The van der Waals surface area contributed by atoms with Gasteiger partial charge in [0.15, 0.2) is 17.3 Å². The molecule has 3 aromatic rings. The van der Waals surface area contributed by atoms with Crippen molar-refractivity contribution in [2.45, 2.75) is 51.6 Å². The molecule has 2 aromatic carbocycles. The van der Waals surface area contributed by atoms with Crippen LogP contribution in [0.25, 0.3) is 0 Å². The fourth-order valence-electron chi connectivity index (χ4n) is 5.30. The van der Waals surface area contributed by atoms with Gasteiger partial charge in [0.1, 0.15) is 5.82 Å². The third-order valence-corrected chi connectivity index (χ3v) is 7.08. The highest BCUT2D eigenvalue weighted by Gasteiger charge is 2.49. The van der Waals surface area contributed by atoms with Crippen LogP contribution in [0.1, 0.15) is 67.2 Å². The summed E-state index contributed by atoms with van der Waals surface area (Å²) in [5, 5.41) is 4.24. The average Bonchev–Trinajstić information content (AvgIpc) is 3.35. The summed E-state index contributed by atoms with van der Waals surface area (Å²) in [5.41, 5.74) is -1.72. The molecule has 2 aliphatic heterocycles. The van der Waals surface area contributed by atoms with Crippen molar-refractivity contribution >= 4 is 11.9 Å². The van der Waals surface area contributed by atoms with E-state index in [0.717, 1.165) is 12.3 Å². The third-order valence-electron chi connectivity index (χ3n) is 7.08. The van der Waals surface area contributed by atoms with Crippen molar-refractivity contribution in [3.63, 3.8) is 0 Å². The Labute approximate surface area is 216 Å². The summed E-state index contributed by atoms with van der Waals surface area (Å²) in [4.78, 5) is 40.8. The highest BCUT2D eigenvalue weighted by molar-refractivity contribution is 5.97. The number of carbonyl (C=O) groups is 2. The Morgan fingerprint density at radius 1 is 1.11 bits per heavy atom. The number of hydrogen-bond donors (Lipinski definition) is 0. The van der Waals surface area contributed by atoms with E-state index in [9.17, 15) is 23.2 Å². The lowest BCUT2D eigenvalue weighted by atomic mass is 9.79. The van der Waals surface area contributed by atoms with Gasteiger partial charge in [-0.15, -0.1) is 0 Å². The average molecular weight is 526 g/mol. The monoisotopic (exact) mass is 525 g/mol. The normalized spacial score (nSPS) is 19.6. The minimum atomic E-state index is -1.11. The summed E-state index contributed by atoms with van der Waals surface area (Å²) in [5.74, 6) is -5.51. The number of esters is 1. The number of carbonyl (C=O) groups excluding carboxylic acids is 2. The molecule has 5 rings (SSSR count). The van der Waals surface area contributed by atoms with E-state index < -0.39 is 63.9 Å². The number of fused-ring (bicyclic) bond motifs is 2. The van der Waals surface area contributed by atoms with E-state index in [-0.39, 0.29) is 11.3 Å². The van der Waals surface area contributed by atoms with Crippen LogP contribution in [0.2, 0.25) is 0 Å². The van der Waals surface area contributed by atoms with E-state index >= 15 is 4.39 Å². The van der Waals surface area contributed by atoms with Crippen molar-refractivity contribution in [1.29, 1.82) is 0 Å². The lowest BCUT2D eigenvalue weighted by molar-refractivity contribution is -0.143. The van der Waals surface area contributed by atoms with Crippen LogP contribution in [0.3, 0.4) is 0 Å². The molecular weight excluding hydrogens is 499 g/mol. The van der Waals surface area contributed by atoms with Gasteiger partial charge in [0.25, 0.3) is 5.91 Å². The number of hydrogen-bond acceptors (Lipinski definition) is 5. The fourth-order valence-corrected chi connectivity index (χ4v) is 5.30. The van der Waals surface area contributed by atoms with E-state index in [1.54, 1.807) is 31.7 Å². The van der Waals surface area contributed by atoms with Crippen molar-refractivity contribution in [1.82, 2.24) is 14.7 Å². The molecule has 3 atom stereocenters. The molecule has 7 nitrogen and oxygen atoms in total. The molecule has 1 aromatic heterocycles. The minimum absolute atomic E-state index is 0.0542. The van der Waals surface area contributed by atoms with E-state index in [4.69, 9.17) is 4.74 Å².